The predicted molar refractivity (Wildman–Crippen MR) is 60.6 cm³/mol. The van der Waals surface area contributed by atoms with Crippen molar-refractivity contribution in [1.29, 1.82) is 0 Å². The second-order valence-corrected chi connectivity index (χ2v) is 4.47. The topological polar surface area (TPSA) is 12.9 Å². The largest absolute Gasteiger partial charge is 0.246 e. The van der Waals surface area contributed by atoms with Crippen molar-refractivity contribution in [2.24, 2.45) is 0 Å². The second-order valence-electron chi connectivity index (χ2n) is 2.97. The minimum atomic E-state index is 0.618. The van der Waals surface area contributed by atoms with Gasteiger partial charge < -0.3 is 0 Å². The number of thiazole rings is 1. The Morgan fingerprint density at radius 3 is 2.62 bits per heavy atom. The Hall–Kier alpha value is -0.340. The summed E-state index contributed by atoms with van der Waals surface area (Å²) in [6, 6.07) is 0. The molecule has 0 fully saturated rings. The monoisotopic (exact) mass is 215 g/mol. The summed E-state index contributed by atoms with van der Waals surface area (Å²) in [7, 11) is 0. The highest BCUT2D eigenvalue weighted by Gasteiger charge is 2.02. The van der Waals surface area contributed by atoms with E-state index in [9.17, 15) is 0 Å². The molecule has 1 nitrogen and oxygen atoms in total. The highest BCUT2D eigenvalue weighted by Crippen LogP contribution is 2.21. The van der Waals surface area contributed by atoms with Crippen molar-refractivity contribution in [3.05, 3.63) is 21.2 Å². The average Bonchev–Trinajstić information content (AvgIpc) is 2.41. The third-order valence-corrected chi connectivity index (χ3v) is 3.26. The molecule has 0 N–H and O–H groups in total. The zero-order valence-corrected chi connectivity index (χ0v) is 9.80. The maximum Gasteiger partial charge on any atom is 0.0903 e. The van der Waals surface area contributed by atoms with Crippen LogP contribution in [0.5, 0.6) is 0 Å². The Morgan fingerprint density at radius 2 is 2.23 bits per heavy atom. The lowest BCUT2D eigenvalue weighted by Crippen LogP contribution is -1.82. The van der Waals surface area contributed by atoms with Crippen LogP contribution in [0.15, 0.2) is 5.57 Å². The van der Waals surface area contributed by atoms with Crippen molar-refractivity contribution < 1.29 is 0 Å². The number of rotatable bonds is 3. The molecule has 0 aliphatic rings. The minimum absolute atomic E-state index is 0.618. The first-order valence-electron chi connectivity index (χ1n) is 4.36. The van der Waals surface area contributed by atoms with E-state index in [1.165, 1.54) is 10.5 Å². The first kappa shape index (κ1) is 10.7. The van der Waals surface area contributed by atoms with E-state index in [1.54, 1.807) is 11.3 Å². The van der Waals surface area contributed by atoms with Crippen molar-refractivity contribution >= 4 is 29.0 Å². The lowest BCUT2D eigenvalue weighted by molar-refractivity contribution is 1.12. The molecular weight excluding hydrogens is 202 g/mol. The van der Waals surface area contributed by atoms with Gasteiger partial charge in [-0.3, -0.25) is 0 Å². The smallest absolute Gasteiger partial charge is 0.0903 e. The van der Waals surface area contributed by atoms with Crippen LogP contribution in [0.1, 0.15) is 28.9 Å². The van der Waals surface area contributed by atoms with Crippen molar-refractivity contribution in [1.82, 2.24) is 4.98 Å². The molecule has 72 valence electrons. The van der Waals surface area contributed by atoms with E-state index in [2.05, 4.69) is 18.0 Å². The van der Waals surface area contributed by atoms with Crippen LogP contribution < -0.4 is 0 Å². The number of aromatic nitrogens is 1. The zero-order chi connectivity index (χ0) is 9.84. The molecule has 1 aromatic heterocycles. The van der Waals surface area contributed by atoms with Gasteiger partial charge in [0.15, 0.2) is 0 Å². The highest BCUT2D eigenvalue weighted by molar-refractivity contribution is 7.12. The van der Waals surface area contributed by atoms with Gasteiger partial charge in [-0.2, -0.15) is 0 Å². The van der Waals surface area contributed by atoms with E-state index in [4.69, 9.17) is 11.6 Å². The SMILES string of the molecule is CC/C(=C\c1sc(C)nc1C)CCl. The number of alkyl halides is 1. The highest BCUT2D eigenvalue weighted by atomic mass is 35.5. The van der Waals surface area contributed by atoms with Gasteiger partial charge in [-0.25, -0.2) is 4.98 Å². The fraction of sp³-hybridized carbons (Fsp3) is 0.500. The Labute approximate surface area is 88.5 Å². The third-order valence-electron chi connectivity index (χ3n) is 1.90. The molecule has 0 atom stereocenters. The number of halogens is 1. The Morgan fingerprint density at radius 1 is 1.54 bits per heavy atom. The Bertz CT molecular complexity index is 309. The number of nitrogens with zero attached hydrogens (tertiary/aromatic N) is 1. The summed E-state index contributed by atoms with van der Waals surface area (Å²) >= 11 is 7.52. The summed E-state index contributed by atoms with van der Waals surface area (Å²) in [5.74, 6) is 0.618. The van der Waals surface area contributed by atoms with E-state index >= 15 is 0 Å². The fourth-order valence-corrected chi connectivity index (χ4v) is 2.29. The van der Waals surface area contributed by atoms with Gasteiger partial charge in [0.05, 0.1) is 15.6 Å². The lowest BCUT2D eigenvalue weighted by atomic mass is 10.2. The van der Waals surface area contributed by atoms with E-state index in [0.717, 1.165) is 17.1 Å². The predicted octanol–water partition coefficient (Wildman–Crippen LogP) is 3.79. The summed E-state index contributed by atoms with van der Waals surface area (Å²) in [5.41, 5.74) is 2.38. The first-order valence-corrected chi connectivity index (χ1v) is 5.72. The van der Waals surface area contributed by atoms with E-state index < -0.39 is 0 Å². The normalized spacial score (nSPS) is 12.2. The molecule has 1 aromatic rings. The summed E-state index contributed by atoms with van der Waals surface area (Å²) in [5, 5.41) is 1.12. The van der Waals surface area contributed by atoms with Crippen molar-refractivity contribution in [3.63, 3.8) is 0 Å². The number of hydrogen-bond donors (Lipinski definition) is 0. The first-order chi connectivity index (χ1) is 6.17. The van der Waals surface area contributed by atoms with Crippen LogP contribution in [-0.4, -0.2) is 10.9 Å². The zero-order valence-electron chi connectivity index (χ0n) is 8.22. The van der Waals surface area contributed by atoms with E-state index in [1.807, 2.05) is 13.8 Å². The molecule has 0 aliphatic carbocycles. The van der Waals surface area contributed by atoms with Crippen LogP contribution in [0.25, 0.3) is 6.08 Å². The van der Waals surface area contributed by atoms with E-state index in [0.29, 0.717) is 5.88 Å². The second kappa shape index (κ2) is 4.77. The van der Waals surface area contributed by atoms with Crippen molar-refractivity contribution in [2.45, 2.75) is 27.2 Å². The maximum atomic E-state index is 5.79. The average molecular weight is 216 g/mol. The number of aryl methyl sites for hydroxylation is 2. The molecule has 3 heteroatoms. The van der Waals surface area contributed by atoms with Gasteiger partial charge in [0, 0.05) is 5.88 Å². The van der Waals surface area contributed by atoms with Crippen LogP contribution in [0.3, 0.4) is 0 Å². The summed E-state index contributed by atoms with van der Waals surface area (Å²) < 4.78 is 0. The van der Waals surface area contributed by atoms with Gasteiger partial charge in [0.25, 0.3) is 0 Å². The summed E-state index contributed by atoms with van der Waals surface area (Å²) in [6.45, 7) is 6.19. The molecule has 1 rings (SSSR count). The van der Waals surface area contributed by atoms with Gasteiger partial charge in [0.2, 0.25) is 0 Å². The summed E-state index contributed by atoms with van der Waals surface area (Å²) in [4.78, 5) is 5.61. The Kier molecular flexibility index (Phi) is 3.94. The number of allylic oxidation sites excluding steroid dienone is 1. The molecule has 0 unspecified atom stereocenters. The quantitative estimate of drug-likeness (QED) is 0.700. The molecule has 0 bridgehead atoms. The van der Waals surface area contributed by atoms with Crippen molar-refractivity contribution in [2.75, 3.05) is 5.88 Å². The van der Waals surface area contributed by atoms with Crippen molar-refractivity contribution in [3.8, 4) is 0 Å². The van der Waals surface area contributed by atoms with Crippen LogP contribution in [-0.2, 0) is 0 Å². The molecule has 0 saturated heterocycles. The molecule has 0 aromatic carbocycles. The van der Waals surface area contributed by atoms with Crippen LogP contribution in [0.2, 0.25) is 0 Å². The third kappa shape index (κ3) is 2.82. The molecule has 13 heavy (non-hydrogen) atoms. The summed E-state index contributed by atoms with van der Waals surface area (Å²) in [6.07, 6.45) is 3.17. The molecule has 0 amide bonds. The maximum absolute atomic E-state index is 5.79. The molecule has 0 saturated carbocycles. The fourth-order valence-electron chi connectivity index (χ4n) is 1.10. The van der Waals surface area contributed by atoms with Gasteiger partial charge in [-0.1, -0.05) is 12.5 Å². The number of hydrogen-bond acceptors (Lipinski definition) is 2. The minimum Gasteiger partial charge on any atom is -0.246 e. The van der Waals surface area contributed by atoms with Crippen LogP contribution in [0.4, 0.5) is 0 Å². The molecule has 0 aliphatic heterocycles. The van der Waals surface area contributed by atoms with E-state index in [-0.39, 0.29) is 0 Å². The van der Waals surface area contributed by atoms with Crippen LogP contribution in [0, 0.1) is 13.8 Å². The standard InChI is InChI=1S/C10H14ClNS/c1-4-9(6-11)5-10-7(2)12-8(3)13-10/h5H,4,6H2,1-3H3/b9-5+. The van der Waals surface area contributed by atoms with Gasteiger partial charge >= 0.3 is 0 Å². The van der Waals surface area contributed by atoms with Crippen LogP contribution >= 0.6 is 22.9 Å². The molecule has 0 radical (unpaired) electrons. The lowest BCUT2D eigenvalue weighted by Gasteiger charge is -1.96. The molecular formula is C10H14ClNS. The molecule has 1 heterocycles. The van der Waals surface area contributed by atoms with Gasteiger partial charge in [0.1, 0.15) is 0 Å². The van der Waals surface area contributed by atoms with Gasteiger partial charge in [-0.05, 0) is 26.3 Å². The van der Waals surface area contributed by atoms with Gasteiger partial charge in [-0.15, -0.1) is 22.9 Å². The Balaban J connectivity index is 2.95. The molecule has 0 spiro atoms.